The van der Waals surface area contributed by atoms with Crippen LogP contribution >= 0.6 is 0 Å². The van der Waals surface area contributed by atoms with Crippen molar-refractivity contribution in [3.8, 4) is 0 Å². The lowest BCUT2D eigenvalue weighted by Crippen LogP contribution is -2.33. The Morgan fingerprint density at radius 2 is 2.00 bits per heavy atom. The van der Waals surface area contributed by atoms with Crippen LogP contribution in [-0.2, 0) is 0 Å². The molecular formula is C12H16N2O. The lowest BCUT2D eigenvalue weighted by atomic mass is 10.1. The maximum absolute atomic E-state index is 11.6. The van der Waals surface area contributed by atoms with Crippen LogP contribution in [0.1, 0.15) is 25.5 Å². The highest BCUT2D eigenvalue weighted by molar-refractivity contribution is 5.77. The van der Waals surface area contributed by atoms with Crippen molar-refractivity contribution < 1.29 is 4.79 Å². The standard InChI is InChI=1S/C12H16N2O/c1-9(2)14-8-11(13-12(14)15)10-6-4-3-5-7-10/h3-7,9,11H,8H2,1-2H3,(H,13,15). The molecule has 1 unspecified atom stereocenters. The van der Waals surface area contributed by atoms with Crippen LogP contribution < -0.4 is 5.32 Å². The molecule has 1 aromatic carbocycles. The quantitative estimate of drug-likeness (QED) is 0.786. The molecule has 1 atom stereocenters. The molecule has 0 radical (unpaired) electrons. The Morgan fingerprint density at radius 1 is 1.33 bits per heavy atom. The van der Waals surface area contributed by atoms with Crippen molar-refractivity contribution in [2.75, 3.05) is 6.54 Å². The molecule has 3 nitrogen and oxygen atoms in total. The number of rotatable bonds is 2. The summed E-state index contributed by atoms with van der Waals surface area (Å²) in [5.41, 5.74) is 1.18. The average molecular weight is 204 g/mol. The molecule has 0 aliphatic carbocycles. The van der Waals surface area contributed by atoms with Crippen LogP contribution in [0.4, 0.5) is 4.79 Å². The zero-order chi connectivity index (χ0) is 10.8. The van der Waals surface area contributed by atoms with Crippen LogP contribution in [0.25, 0.3) is 0 Å². The third-order valence-electron chi connectivity index (χ3n) is 2.76. The first-order valence-corrected chi connectivity index (χ1v) is 5.30. The fraction of sp³-hybridized carbons (Fsp3) is 0.417. The van der Waals surface area contributed by atoms with Crippen molar-refractivity contribution in [1.82, 2.24) is 10.2 Å². The first-order chi connectivity index (χ1) is 7.18. The van der Waals surface area contributed by atoms with Gasteiger partial charge >= 0.3 is 6.03 Å². The van der Waals surface area contributed by atoms with Gasteiger partial charge in [-0.3, -0.25) is 0 Å². The molecule has 1 aliphatic heterocycles. The molecule has 1 aromatic rings. The third kappa shape index (κ3) is 1.96. The topological polar surface area (TPSA) is 32.3 Å². The number of hydrogen-bond acceptors (Lipinski definition) is 1. The molecule has 1 N–H and O–H groups in total. The number of benzene rings is 1. The highest BCUT2D eigenvalue weighted by atomic mass is 16.2. The molecule has 1 aliphatic rings. The summed E-state index contributed by atoms with van der Waals surface area (Å²) in [5.74, 6) is 0. The Hall–Kier alpha value is -1.51. The Balaban J connectivity index is 2.13. The summed E-state index contributed by atoms with van der Waals surface area (Å²) in [6.45, 7) is 4.83. The summed E-state index contributed by atoms with van der Waals surface area (Å²) in [7, 11) is 0. The number of carbonyl (C=O) groups excluding carboxylic acids is 1. The van der Waals surface area contributed by atoms with Crippen molar-refractivity contribution >= 4 is 6.03 Å². The minimum absolute atomic E-state index is 0.0406. The van der Waals surface area contributed by atoms with Gasteiger partial charge in [0.2, 0.25) is 0 Å². The maximum Gasteiger partial charge on any atom is 0.318 e. The SMILES string of the molecule is CC(C)N1CC(c2ccccc2)NC1=O. The largest absolute Gasteiger partial charge is 0.329 e. The van der Waals surface area contributed by atoms with E-state index >= 15 is 0 Å². The summed E-state index contributed by atoms with van der Waals surface area (Å²) in [6.07, 6.45) is 0. The zero-order valence-corrected chi connectivity index (χ0v) is 9.10. The summed E-state index contributed by atoms with van der Waals surface area (Å²) < 4.78 is 0. The van der Waals surface area contributed by atoms with Crippen molar-refractivity contribution in [2.24, 2.45) is 0 Å². The second kappa shape index (κ2) is 3.93. The van der Waals surface area contributed by atoms with Crippen LogP contribution in [-0.4, -0.2) is 23.5 Å². The molecule has 15 heavy (non-hydrogen) atoms. The molecule has 0 aromatic heterocycles. The number of amides is 2. The number of urea groups is 1. The van der Waals surface area contributed by atoms with Crippen molar-refractivity contribution in [3.63, 3.8) is 0 Å². The summed E-state index contributed by atoms with van der Waals surface area (Å²) in [6, 6.07) is 10.5. The van der Waals surface area contributed by atoms with E-state index in [2.05, 4.69) is 17.4 Å². The Bertz CT molecular complexity index is 348. The smallest absolute Gasteiger partial charge is 0.318 e. The molecule has 2 amide bonds. The van der Waals surface area contributed by atoms with Crippen molar-refractivity contribution in [1.29, 1.82) is 0 Å². The molecule has 1 heterocycles. The molecule has 1 fully saturated rings. The molecule has 1 saturated heterocycles. The molecule has 0 spiro atoms. The van der Waals surface area contributed by atoms with E-state index in [9.17, 15) is 4.79 Å². The lowest BCUT2D eigenvalue weighted by Gasteiger charge is -2.18. The highest BCUT2D eigenvalue weighted by Gasteiger charge is 2.30. The number of nitrogens with zero attached hydrogens (tertiary/aromatic N) is 1. The van der Waals surface area contributed by atoms with Gasteiger partial charge in [-0.1, -0.05) is 30.3 Å². The van der Waals surface area contributed by atoms with E-state index < -0.39 is 0 Å². The van der Waals surface area contributed by atoms with E-state index in [1.807, 2.05) is 36.9 Å². The van der Waals surface area contributed by atoms with Crippen LogP contribution in [0.5, 0.6) is 0 Å². The third-order valence-corrected chi connectivity index (χ3v) is 2.76. The predicted octanol–water partition coefficient (Wildman–Crippen LogP) is 2.16. The second-order valence-corrected chi connectivity index (χ2v) is 4.16. The predicted molar refractivity (Wildman–Crippen MR) is 59.6 cm³/mol. The van der Waals surface area contributed by atoms with Crippen molar-refractivity contribution in [3.05, 3.63) is 35.9 Å². The van der Waals surface area contributed by atoms with Gasteiger partial charge in [0, 0.05) is 12.6 Å². The number of nitrogens with one attached hydrogen (secondary N) is 1. The molecule has 0 saturated carbocycles. The summed E-state index contributed by atoms with van der Waals surface area (Å²) in [5, 5.41) is 2.99. The Labute approximate surface area is 90.1 Å². The Kier molecular flexibility index (Phi) is 2.62. The first-order valence-electron chi connectivity index (χ1n) is 5.30. The van der Waals surface area contributed by atoms with Gasteiger partial charge in [-0.2, -0.15) is 0 Å². The van der Waals surface area contributed by atoms with Gasteiger partial charge in [0.05, 0.1) is 6.04 Å². The van der Waals surface area contributed by atoms with Gasteiger partial charge in [-0.05, 0) is 19.4 Å². The number of hydrogen-bond donors (Lipinski definition) is 1. The lowest BCUT2D eigenvalue weighted by molar-refractivity contribution is 0.206. The zero-order valence-electron chi connectivity index (χ0n) is 9.10. The van der Waals surface area contributed by atoms with E-state index in [1.165, 1.54) is 5.56 Å². The van der Waals surface area contributed by atoms with Crippen LogP contribution in [0, 0.1) is 0 Å². The second-order valence-electron chi connectivity index (χ2n) is 4.16. The van der Waals surface area contributed by atoms with Gasteiger partial charge in [-0.15, -0.1) is 0 Å². The monoisotopic (exact) mass is 204 g/mol. The number of carbonyl (C=O) groups is 1. The van der Waals surface area contributed by atoms with E-state index in [4.69, 9.17) is 0 Å². The van der Waals surface area contributed by atoms with E-state index in [0.717, 1.165) is 6.54 Å². The van der Waals surface area contributed by atoms with E-state index in [0.29, 0.717) is 0 Å². The van der Waals surface area contributed by atoms with Gasteiger partial charge in [0.15, 0.2) is 0 Å². The van der Waals surface area contributed by atoms with E-state index in [-0.39, 0.29) is 18.1 Å². The van der Waals surface area contributed by atoms with Crippen LogP contribution in [0.15, 0.2) is 30.3 Å². The first kappa shape index (κ1) is 10.0. The van der Waals surface area contributed by atoms with E-state index in [1.54, 1.807) is 0 Å². The van der Waals surface area contributed by atoms with Crippen molar-refractivity contribution in [2.45, 2.75) is 25.9 Å². The fourth-order valence-electron chi connectivity index (χ4n) is 1.88. The van der Waals surface area contributed by atoms with Gasteiger partial charge < -0.3 is 10.2 Å². The molecule has 3 heteroatoms. The molecule has 80 valence electrons. The minimum Gasteiger partial charge on any atom is -0.329 e. The molecule has 0 bridgehead atoms. The van der Waals surface area contributed by atoms with Gasteiger partial charge in [-0.25, -0.2) is 4.79 Å². The highest BCUT2D eigenvalue weighted by Crippen LogP contribution is 2.21. The fourth-order valence-corrected chi connectivity index (χ4v) is 1.88. The molecular weight excluding hydrogens is 188 g/mol. The minimum atomic E-state index is 0.0406. The average Bonchev–Trinajstić information content (AvgIpc) is 2.62. The Morgan fingerprint density at radius 3 is 2.53 bits per heavy atom. The van der Waals surface area contributed by atoms with Gasteiger partial charge in [0.25, 0.3) is 0 Å². The van der Waals surface area contributed by atoms with Crippen LogP contribution in [0.3, 0.4) is 0 Å². The van der Waals surface area contributed by atoms with Crippen LogP contribution in [0.2, 0.25) is 0 Å². The summed E-state index contributed by atoms with van der Waals surface area (Å²) in [4.78, 5) is 13.5. The normalized spacial score (nSPS) is 20.9. The maximum atomic E-state index is 11.6. The van der Waals surface area contributed by atoms with Gasteiger partial charge in [0.1, 0.15) is 0 Å². The molecule has 2 rings (SSSR count). The summed E-state index contributed by atoms with van der Waals surface area (Å²) >= 11 is 0.